The zero-order chi connectivity index (χ0) is 20.1. The quantitative estimate of drug-likeness (QED) is 0.565. The molecule has 1 aromatic heterocycles. The number of carbonyl (C=O) groups is 1. The average molecular weight is 425 g/mol. The van der Waals surface area contributed by atoms with Crippen molar-refractivity contribution in [1.29, 1.82) is 0 Å². The lowest BCUT2D eigenvalue weighted by atomic mass is 10.2. The molecule has 0 atom stereocenters. The molecule has 2 amide bonds. The van der Waals surface area contributed by atoms with Crippen molar-refractivity contribution in [3.05, 3.63) is 17.2 Å². The van der Waals surface area contributed by atoms with Gasteiger partial charge in [-0.05, 0) is 25.0 Å². The second-order valence-corrected chi connectivity index (χ2v) is 8.74. The van der Waals surface area contributed by atoms with Crippen molar-refractivity contribution in [3.8, 4) is 0 Å². The Morgan fingerprint density at radius 1 is 1.32 bits per heavy atom. The van der Waals surface area contributed by atoms with Crippen molar-refractivity contribution < 1.29 is 4.79 Å². The van der Waals surface area contributed by atoms with E-state index in [2.05, 4.69) is 40.0 Å². The van der Waals surface area contributed by atoms with E-state index in [9.17, 15) is 4.79 Å². The number of nitrogens with two attached hydrogens (primary N) is 1. The van der Waals surface area contributed by atoms with Crippen molar-refractivity contribution in [3.63, 3.8) is 0 Å². The van der Waals surface area contributed by atoms with Crippen LogP contribution in [0.2, 0.25) is 5.02 Å². The van der Waals surface area contributed by atoms with Gasteiger partial charge in [-0.25, -0.2) is 9.78 Å². The minimum atomic E-state index is -0.473. The van der Waals surface area contributed by atoms with E-state index in [1.54, 1.807) is 11.8 Å². The molecule has 0 aliphatic carbocycles. The lowest BCUT2D eigenvalue weighted by Gasteiger charge is -2.36. The highest BCUT2D eigenvalue weighted by atomic mass is 35.5. The van der Waals surface area contributed by atoms with Gasteiger partial charge in [-0.3, -0.25) is 4.90 Å². The summed E-state index contributed by atoms with van der Waals surface area (Å²) in [7, 11) is 0. The number of halogens is 1. The van der Waals surface area contributed by atoms with E-state index in [0.29, 0.717) is 11.8 Å². The van der Waals surface area contributed by atoms with Gasteiger partial charge in [0.25, 0.3) is 0 Å². The van der Waals surface area contributed by atoms with Crippen LogP contribution >= 0.6 is 23.4 Å². The standard InChI is InChI=1S/C19H29ClN6OS/c1-3-13(4-2)28-19-23-15-11-14(20)17(12-16(15)24-19)26-9-7-25(8-10-26)6-5-22-18(21)27/h11-13H,3-10H2,1-2H3,(H,23,24)(H3,21,22,27). The van der Waals surface area contributed by atoms with Gasteiger partial charge >= 0.3 is 6.03 Å². The average Bonchev–Trinajstić information content (AvgIpc) is 3.07. The molecule has 0 radical (unpaired) electrons. The number of carbonyl (C=O) groups excluding carboxylic acids is 1. The maximum Gasteiger partial charge on any atom is 0.312 e. The molecule has 7 nitrogen and oxygen atoms in total. The predicted molar refractivity (Wildman–Crippen MR) is 118 cm³/mol. The third kappa shape index (κ3) is 5.24. The smallest absolute Gasteiger partial charge is 0.312 e. The first-order valence-corrected chi connectivity index (χ1v) is 11.1. The van der Waals surface area contributed by atoms with Gasteiger partial charge in [0.2, 0.25) is 0 Å². The van der Waals surface area contributed by atoms with Crippen LogP contribution in [0.5, 0.6) is 0 Å². The maximum atomic E-state index is 10.8. The van der Waals surface area contributed by atoms with Gasteiger partial charge in [0.1, 0.15) is 0 Å². The first kappa shape index (κ1) is 21.1. The summed E-state index contributed by atoms with van der Waals surface area (Å²) in [5, 5.41) is 4.93. The lowest BCUT2D eigenvalue weighted by Crippen LogP contribution is -2.48. The topological polar surface area (TPSA) is 90.3 Å². The molecule has 2 aromatic rings. The summed E-state index contributed by atoms with van der Waals surface area (Å²) in [4.78, 5) is 23.6. The highest BCUT2D eigenvalue weighted by molar-refractivity contribution is 7.99. The number of amides is 2. The third-order valence-corrected chi connectivity index (χ3v) is 6.88. The predicted octanol–water partition coefficient (Wildman–Crippen LogP) is 3.29. The minimum absolute atomic E-state index is 0.473. The van der Waals surface area contributed by atoms with E-state index in [1.807, 2.05) is 6.07 Å². The molecule has 0 spiro atoms. The number of rotatable bonds is 8. The van der Waals surface area contributed by atoms with Crippen LogP contribution in [-0.4, -0.2) is 65.4 Å². The molecule has 28 heavy (non-hydrogen) atoms. The molecule has 1 fully saturated rings. The molecule has 1 aliphatic heterocycles. The molecule has 1 aromatic carbocycles. The van der Waals surface area contributed by atoms with E-state index in [1.165, 1.54) is 0 Å². The van der Waals surface area contributed by atoms with Gasteiger partial charge in [0.05, 0.1) is 21.7 Å². The molecule has 0 saturated carbocycles. The first-order valence-electron chi connectivity index (χ1n) is 9.86. The summed E-state index contributed by atoms with van der Waals surface area (Å²) in [5.41, 5.74) is 8.09. The third-order valence-electron chi connectivity index (χ3n) is 5.16. The Balaban J connectivity index is 1.65. The molecule has 9 heteroatoms. The van der Waals surface area contributed by atoms with E-state index in [0.717, 1.165) is 72.5 Å². The number of piperazine rings is 1. The molecule has 1 aliphatic rings. The van der Waals surface area contributed by atoms with Crippen molar-refractivity contribution >= 4 is 46.1 Å². The molecule has 2 heterocycles. The van der Waals surface area contributed by atoms with E-state index in [-0.39, 0.29) is 0 Å². The molecule has 0 bridgehead atoms. The molecular formula is C19H29ClN6OS. The number of aromatic amines is 1. The summed E-state index contributed by atoms with van der Waals surface area (Å²) in [6, 6.07) is 3.61. The van der Waals surface area contributed by atoms with Crippen LogP contribution in [0.25, 0.3) is 11.0 Å². The summed E-state index contributed by atoms with van der Waals surface area (Å²) < 4.78 is 0. The van der Waals surface area contributed by atoms with Gasteiger partial charge in [0.15, 0.2) is 5.16 Å². The number of aromatic nitrogens is 2. The number of nitrogens with zero attached hydrogens (tertiary/aromatic N) is 3. The van der Waals surface area contributed by atoms with Crippen LogP contribution in [0.4, 0.5) is 10.5 Å². The Bertz CT molecular complexity index is 801. The van der Waals surface area contributed by atoms with Gasteiger partial charge in [0, 0.05) is 44.5 Å². The Labute approximate surface area is 175 Å². The van der Waals surface area contributed by atoms with Gasteiger partial charge in [-0.2, -0.15) is 0 Å². The van der Waals surface area contributed by atoms with Crippen LogP contribution in [-0.2, 0) is 0 Å². The van der Waals surface area contributed by atoms with Crippen LogP contribution < -0.4 is 16.0 Å². The van der Waals surface area contributed by atoms with Gasteiger partial charge in [-0.15, -0.1) is 0 Å². The molecule has 0 unspecified atom stereocenters. The number of anilines is 1. The second kappa shape index (κ2) is 9.71. The van der Waals surface area contributed by atoms with Crippen molar-refractivity contribution in [2.45, 2.75) is 37.1 Å². The second-order valence-electron chi connectivity index (χ2n) is 7.04. The molecular weight excluding hydrogens is 396 g/mol. The van der Waals surface area contributed by atoms with E-state index >= 15 is 0 Å². The largest absolute Gasteiger partial charge is 0.368 e. The Morgan fingerprint density at radius 2 is 2.04 bits per heavy atom. The number of hydrogen-bond acceptors (Lipinski definition) is 5. The van der Waals surface area contributed by atoms with Crippen molar-refractivity contribution in [1.82, 2.24) is 20.2 Å². The number of fused-ring (bicyclic) bond motifs is 1. The number of imidazole rings is 1. The Hall–Kier alpha value is -1.64. The number of urea groups is 1. The molecule has 3 rings (SSSR count). The van der Waals surface area contributed by atoms with Crippen LogP contribution in [0.15, 0.2) is 17.3 Å². The lowest BCUT2D eigenvalue weighted by molar-refractivity contribution is 0.238. The normalized spacial score (nSPS) is 15.5. The number of benzene rings is 1. The fraction of sp³-hybridized carbons (Fsp3) is 0.579. The molecule has 4 N–H and O–H groups in total. The van der Waals surface area contributed by atoms with Crippen LogP contribution in [0.3, 0.4) is 0 Å². The Morgan fingerprint density at radius 3 is 2.68 bits per heavy atom. The summed E-state index contributed by atoms with van der Waals surface area (Å²) in [6.45, 7) is 9.43. The van der Waals surface area contributed by atoms with Crippen LogP contribution in [0, 0.1) is 0 Å². The van der Waals surface area contributed by atoms with Crippen molar-refractivity contribution in [2.75, 3.05) is 44.2 Å². The van der Waals surface area contributed by atoms with Gasteiger partial charge < -0.3 is 20.9 Å². The summed E-state index contributed by atoms with van der Waals surface area (Å²) in [6.07, 6.45) is 2.26. The van der Waals surface area contributed by atoms with Crippen LogP contribution in [0.1, 0.15) is 26.7 Å². The summed E-state index contributed by atoms with van der Waals surface area (Å²) in [5.74, 6) is 0. The molecule has 1 saturated heterocycles. The Kier molecular flexibility index (Phi) is 7.31. The summed E-state index contributed by atoms with van der Waals surface area (Å²) >= 11 is 8.39. The SMILES string of the molecule is CCC(CC)Sc1nc2cc(N3CCN(CCNC(N)=O)CC3)c(Cl)cc2[nH]1. The van der Waals surface area contributed by atoms with Crippen molar-refractivity contribution in [2.24, 2.45) is 5.73 Å². The highest BCUT2D eigenvalue weighted by Crippen LogP contribution is 2.33. The van der Waals surface area contributed by atoms with E-state index < -0.39 is 6.03 Å². The fourth-order valence-corrected chi connectivity index (χ4v) is 4.71. The zero-order valence-corrected chi connectivity index (χ0v) is 18.1. The molecule has 154 valence electrons. The number of thioether (sulfide) groups is 1. The number of H-pyrrole nitrogens is 1. The minimum Gasteiger partial charge on any atom is -0.368 e. The monoisotopic (exact) mass is 424 g/mol. The number of hydrogen-bond donors (Lipinski definition) is 3. The maximum absolute atomic E-state index is 10.8. The highest BCUT2D eigenvalue weighted by Gasteiger charge is 2.20. The fourth-order valence-electron chi connectivity index (χ4n) is 3.46. The van der Waals surface area contributed by atoms with E-state index in [4.69, 9.17) is 22.3 Å². The number of primary amides is 1. The zero-order valence-electron chi connectivity index (χ0n) is 16.5. The number of nitrogens with one attached hydrogen (secondary N) is 2. The first-order chi connectivity index (χ1) is 13.5. The van der Waals surface area contributed by atoms with Gasteiger partial charge in [-0.1, -0.05) is 37.2 Å².